The van der Waals surface area contributed by atoms with Gasteiger partial charge in [-0.15, -0.1) is 8.78 Å². The maximum atomic E-state index is 13.1. The fourth-order valence-electron chi connectivity index (χ4n) is 4.06. The Morgan fingerprint density at radius 3 is 2.26 bits per heavy atom. The quantitative estimate of drug-likeness (QED) is 0.741. The number of carbonyl (C=O) groups excluding carboxylic acids is 1. The number of hydrogen-bond acceptors (Lipinski definition) is 4. The van der Waals surface area contributed by atoms with Crippen molar-refractivity contribution < 1.29 is 41.3 Å². The second-order valence-electron chi connectivity index (χ2n) is 7.31. The molecule has 3 aliphatic rings. The number of halogens is 5. The number of anilines is 1. The Morgan fingerprint density at radius 2 is 1.63 bits per heavy atom. The lowest BCUT2D eigenvalue weighted by molar-refractivity contribution is -0.286. The van der Waals surface area contributed by atoms with Crippen LogP contribution >= 0.6 is 0 Å². The van der Waals surface area contributed by atoms with Crippen molar-refractivity contribution in [3.63, 3.8) is 0 Å². The number of rotatable bonds is 1. The largest absolute Gasteiger partial charge is 0.586 e. The van der Waals surface area contributed by atoms with Crippen LogP contribution in [0.4, 0.5) is 27.6 Å². The topological polar surface area (TPSA) is 59.0 Å². The van der Waals surface area contributed by atoms with E-state index in [1.807, 2.05) is 0 Å². The molecular weight excluding hydrogens is 377 g/mol. The Hall–Kier alpha value is -2.10. The number of aliphatic hydroxyl groups is 1. The third-order valence-corrected chi connectivity index (χ3v) is 5.77. The van der Waals surface area contributed by atoms with Gasteiger partial charge in [0, 0.05) is 18.3 Å². The molecule has 0 radical (unpaired) electrons. The fraction of sp³-hybridized carbons (Fsp3) is 0.588. The summed E-state index contributed by atoms with van der Waals surface area (Å²) in [7, 11) is 0. The Bertz CT molecular complexity index is 786. The van der Waals surface area contributed by atoms with E-state index in [9.17, 15) is 31.9 Å². The van der Waals surface area contributed by atoms with Crippen LogP contribution in [-0.2, 0) is 4.79 Å². The van der Waals surface area contributed by atoms with Crippen LogP contribution in [0.2, 0.25) is 0 Å². The number of fused-ring (bicyclic) bond motifs is 1. The molecule has 0 aromatic heterocycles. The molecule has 2 heterocycles. The number of nitrogens with zero attached hydrogens (tertiary/aromatic N) is 1. The van der Waals surface area contributed by atoms with Crippen molar-refractivity contribution in [2.45, 2.75) is 50.2 Å². The maximum Gasteiger partial charge on any atom is 0.586 e. The molecule has 1 saturated carbocycles. The molecule has 5 nitrogen and oxygen atoms in total. The molecular formula is C17H16F5NO4. The molecule has 27 heavy (non-hydrogen) atoms. The molecule has 148 valence electrons. The van der Waals surface area contributed by atoms with Gasteiger partial charge >= 0.3 is 12.5 Å². The Morgan fingerprint density at radius 1 is 1.00 bits per heavy atom. The normalized spacial score (nSPS) is 32.4. The van der Waals surface area contributed by atoms with E-state index < -0.39 is 36.3 Å². The Labute approximate surface area is 150 Å². The van der Waals surface area contributed by atoms with E-state index in [0.717, 1.165) is 0 Å². The second kappa shape index (κ2) is 5.46. The van der Waals surface area contributed by atoms with Crippen molar-refractivity contribution in [3.05, 3.63) is 18.2 Å². The minimum absolute atomic E-state index is 0.0824. The van der Waals surface area contributed by atoms with Gasteiger partial charge in [-0.25, -0.2) is 0 Å². The SMILES string of the molecule is O=C1N(c2ccc3c(c2)OC(F)(F)O3)CC[C@]12CC[C@@](O)(C(F)(F)F)CC2. The zero-order valence-corrected chi connectivity index (χ0v) is 14.0. The average molecular weight is 393 g/mol. The van der Waals surface area contributed by atoms with Gasteiger partial charge in [-0.2, -0.15) is 13.2 Å². The van der Waals surface area contributed by atoms with Crippen LogP contribution in [0.3, 0.4) is 0 Å². The summed E-state index contributed by atoms with van der Waals surface area (Å²) in [6.07, 6.45) is -9.42. The molecule has 1 aliphatic carbocycles. The fourth-order valence-corrected chi connectivity index (χ4v) is 4.06. The lowest BCUT2D eigenvalue weighted by Crippen LogP contribution is -2.51. The predicted molar refractivity (Wildman–Crippen MR) is 81.5 cm³/mol. The van der Waals surface area contributed by atoms with E-state index in [1.54, 1.807) is 0 Å². The zero-order chi connectivity index (χ0) is 19.7. The van der Waals surface area contributed by atoms with Crippen molar-refractivity contribution in [3.8, 4) is 11.5 Å². The first-order valence-corrected chi connectivity index (χ1v) is 8.46. The van der Waals surface area contributed by atoms with Crippen LogP contribution in [-0.4, -0.2) is 35.6 Å². The number of carbonyl (C=O) groups is 1. The van der Waals surface area contributed by atoms with Crippen molar-refractivity contribution >= 4 is 11.6 Å². The summed E-state index contributed by atoms with van der Waals surface area (Å²) in [4.78, 5) is 14.3. The summed E-state index contributed by atoms with van der Waals surface area (Å²) in [5.74, 6) is -0.725. The second-order valence-corrected chi connectivity index (χ2v) is 7.31. The van der Waals surface area contributed by atoms with Gasteiger partial charge in [0.25, 0.3) is 0 Å². The van der Waals surface area contributed by atoms with Crippen molar-refractivity contribution in [1.82, 2.24) is 0 Å². The summed E-state index contributed by atoms with van der Waals surface area (Å²) in [5, 5.41) is 9.82. The predicted octanol–water partition coefficient (Wildman–Crippen LogP) is 3.60. The lowest BCUT2D eigenvalue weighted by Gasteiger charge is -2.41. The number of hydrogen-bond donors (Lipinski definition) is 1. The van der Waals surface area contributed by atoms with Crippen LogP contribution in [0, 0.1) is 5.41 Å². The smallest absolute Gasteiger partial charge is 0.395 e. The molecule has 1 aromatic rings. The van der Waals surface area contributed by atoms with Gasteiger partial charge in [0.15, 0.2) is 17.1 Å². The zero-order valence-electron chi connectivity index (χ0n) is 14.0. The first-order chi connectivity index (χ1) is 12.4. The molecule has 1 amide bonds. The molecule has 2 fully saturated rings. The van der Waals surface area contributed by atoms with Crippen LogP contribution in [0.15, 0.2) is 18.2 Å². The Kier molecular flexibility index (Phi) is 3.70. The maximum absolute atomic E-state index is 13.1. The first kappa shape index (κ1) is 18.3. The molecule has 1 N–H and O–H groups in total. The molecule has 0 atom stereocenters. The molecule has 0 bridgehead atoms. The highest BCUT2D eigenvalue weighted by Crippen LogP contribution is 2.53. The van der Waals surface area contributed by atoms with Crippen molar-refractivity contribution in [2.24, 2.45) is 5.41 Å². The van der Waals surface area contributed by atoms with E-state index >= 15 is 0 Å². The molecule has 2 aliphatic heterocycles. The van der Waals surface area contributed by atoms with Crippen LogP contribution < -0.4 is 14.4 Å². The van der Waals surface area contributed by atoms with Crippen molar-refractivity contribution in [1.29, 1.82) is 0 Å². The highest BCUT2D eigenvalue weighted by Gasteiger charge is 2.60. The molecule has 4 rings (SSSR count). The van der Waals surface area contributed by atoms with Crippen LogP contribution in [0.5, 0.6) is 11.5 Å². The number of ether oxygens (including phenoxy) is 2. The molecule has 10 heteroatoms. The van der Waals surface area contributed by atoms with E-state index in [1.165, 1.54) is 23.1 Å². The first-order valence-electron chi connectivity index (χ1n) is 8.46. The summed E-state index contributed by atoms with van der Waals surface area (Å²) in [5.41, 5.74) is -3.43. The third-order valence-electron chi connectivity index (χ3n) is 5.77. The number of amides is 1. The summed E-state index contributed by atoms with van der Waals surface area (Å²) in [6, 6.07) is 3.94. The van der Waals surface area contributed by atoms with E-state index in [4.69, 9.17) is 0 Å². The van der Waals surface area contributed by atoms with Gasteiger partial charge in [0.05, 0.1) is 5.41 Å². The van der Waals surface area contributed by atoms with Gasteiger partial charge in [-0.3, -0.25) is 4.79 Å². The van der Waals surface area contributed by atoms with Gasteiger partial charge in [-0.1, -0.05) is 0 Å². The molecule has 1 saturated heterocycles. The minimum atomic E-state index is -4.74. The van der Waals surface area contributed by atoms with Gasteiger partial charge in [-0.05, 0) is 44.2 Å². The molecule has 0 unspecified atom stereocenters. The average Bonchev–Trinajstić information content (AvgIpc) is 3.05. The van der Waals surface area contributed by atoms with Gasteiger partial charge < -0.3 is 19.5 Å². The third kappa shape index (κ3) is 2.81. The van der Waals surface area contributed by atoms with E-state index in [-0.39, 0.29) is 36.8 Å². The van der Waals surface area contributed by atoms with Gasteiger partial charge in [0.1, 0.15) is 0 Å². The van der Waals surface area contributed by atoms with Gasteiger partial charge in [0.2, 0.25) is 5.91 Å². The minimum Gasteiger partial charge on any atom is -0.395 e. The number of alkyl halides is 5. The monoisotopic (exact) mass is 393 g/mol. The van der Waals surface area contributed by atoms with Crippen LogP contribution in [0.25, 0.3) is 0 Å². The highest BCUT2D eigenvalue weighted by molar-refractivity contribution is 6.00. The summed E-state index contributed by atoms with van der Waals surface area (Å²) < 4.78 is 74.0. The molecule has 1 spiro atoms. The van der Waals surface area contributed by atoms with Crippen LogP contribution in [0.1, 0.15) is 32.1 Å². The summed E-state index contributed by atoms with van der Waals surface area (Å²) >= 11 is 0. The standard InChI is InChI=1S/C17H16F5NO4/c18-16(19,20)15(25)5-3-14(4-6-15)7-8-23(13(14)24)10-1-2-11-12(9-10)27-17(21,22)26-11/h1-2,9,25H,3-8H2/t14-,15+. The molecule has 1 aromatic carbocycles. The number of benzene rings is 1. The van der Waals surface area contributed by atoms with Crippen molar-refractivity contribution in [2.75, 3.05) is 11.4 Å². The Balaban J connectivity index is 1.52. The van der Waals surface area contributed by atoms with E-state index in [2.05, 4.69) is 9.47 Å². The van der Waals surface area contributed by atoms with E-state index in [0.29, 0.717) is 12.1 Å². The lowest BCUT2D eigenvalue weighted by atomic mass is 9.67. The highest BCUT2D eigenvalue weighted by atomic mass is 19.4. The summed E-state index contributed by atoms with van der Waals surface area (Å²) in [6.45, 7) is 0.249.